The summed E-state index contributed by atoms with van der Waals surface area (Å²) in [6.45, 7) is 2.62. The Hall–Kier alpha value is -5.11. The zero-order valence-corrected chi connectivity index (χ0v) is 29.4. The standard InChI is InChI=1S/C33H51N9O10/c1-17(2)27(31(49)40-24(16-43)33(51)52)42-32(50)28(18(3)44)41-26(46)15-38-30(48)23(10-6-7-11-34)39-25(45)14-37-29(47)21(35)12-19-13-36-22-9-5-4-8-20(19)22/h4-5,8-9,13,17-18,21,23-24,27-28,36,43-44H,6-7,10-12,14-16,34-35H2,1-3H3,(H,37,47)(H,38,48)(H,39,45)(H,40,49)(H,41,46)(H,42,50)(H,51,52)/t18-,21+,23+,24+,27+,28+/m1/s1. The van der Waals surface area contributed by atoms with E-state index in [1.807, 2.05) is 24.3 Å². The van der Waals surface area contributed by atoms with E-state index in [0.29, 0.717) is 19.4 Å². The molecule has 1 aromatic carbocycles. The van der Waals surface area contributed by atoms with Gasteiger partial charge < -0.3 is 63.7 Å². The Labute approximate surface area is 300 Å². The highest BCUT2D eigenvalue weighted by atomic mass is 16.4. The van der Waals surface area contributed by atoms with Gasteiger partial charge in [-0.2, -0.15) is 0 Å². The molecule has 6 atom stereocenters. The molecule has 0 aliphatic carbocycles. The minimum atomic E-state index is -1.62. The molecule has 14 N–H and O–H groups in total. The summed E-state index contributed by atoms with van der Waals surface area (Å²) < 4.78 is 0. The minimum absolute atomic E-state index is 0.154. The molecule has 19 nitrogen and oxygen atoms in total. The van der Waals surface area contributed by atoms with Gasteiger partial charge >= 0.3 is 5.97 Å². The van der Waals surface area contributed by atoms with Crippen LogP contribution in [0.25, 0.3) is 10.9 Å². The number of fused-ring (bicyclic) bond motifs is 1. The number of carbonyl (C=O) groups excluding carboxylic acids is 6. The Kier molecular flexibility index (Phi) is 17.6. The Morgan fingerprint density at radius 3 is 2.00 bits per heavy atom. The van der Waals surface area contributed by atoms with E-state index < -0.39 is 103 Å². The summed E-state index contributed by atoms with van der Waals surface area (Å²) in [5.41, 5.74) is 13.4. The summed E-state index contributed by atoms with van der Waals surface area (Å²) in [6, 6.07) is 0.960. The highest BCUT2D eigenvalue weighted by Crippen LogP contribution is 2.18. The molecule has 52 heavy (non-hydrogen) atoms. The predicted molar refractivity (Wildman–Crippen MR) is 188 cm³/mol. The van der Waals surface area contributed by atoms with E-state index in [1.54, 1.807) is 20.0 Å². The second kappa shape index (κ2) is 21.3. The van der Waals surface area contributed by atoms with Gasteiger partial charge in [-0.05, 0) is 56.7 Å². The van der Waals surface area contributed by atoms with Crippen LogP contribution in [0.4, 0.5) is 0 Å². The number of carboxylic acid groups (broad SMARTS) is 1. The van der Waals surface area contributed by atoms with Gasteiger partial charge in [0.2, 0.25) is 35.4 Å². The van der Waals surface area contributed by atoms with Gasteiger partial charge in [0.25, 0.3) is 0 Å². The van der Waals surface area contributed by atoms with E-state index in [4.69, 9.17) is 16.6 Å². The molecule has 19 heteroatoms. The lowest BCUT2D eigenvalue weighted by atomic mass is 10.0. The van der Waals surface area contributed by atoms with Crippen LogP contribution in [0.5, 0.6) is 0 Å². The number of hydrogen-bond acceptors (Lipinski definition) is 11. The first-order valence-electron chi connectivity index (χ1n) is 16.9. The number of nitrogens with one attached hydrogen (secondary N) is 7. The van der Waals surface area contributed by atoms with Gasteiger partial charge in [0.1, 0.15) is 24.2 Å². The van der Waals surface area contributed by atoms with E-state index in [1.165, 1.54) is 6.92 Å². The molecule has 0 aliphatic heterocycles. The summed E-state index contributed by atoms with van der Waals surface area (Å²) in [5, 5.41) is 43.6. The lowest BCUT2D eigenvalue weighted by molar-refractivity contribution is -0.143. The molecular formula is C33H51N9O10. The van der Waals surface area contributed by atoms with E-state index in [-0.39, 0.29) is 12.8 Å². The fraction of sp³-hybridized carbons (Fsp3) is 0.545. The first-order valence-corrected chi connectivity index (χ1v) is 16.9. The highest BCUT2D eigenvalue weighted by Gasteiger charge is 2.33. The number of benzene rings is 1. The molecule has 6 amide bonds. The number of H-pyrrole nitrogens is 1. The molecule has 0 saturated carbocycles. The lowest BCUT2D eigenvalue weighted by Crippen LogP contribution is -2.60. The molecule has 0 bridgehead atoms. The third-order valence-corrected chi connectivity index (χ3v) is 8.02. The molecule has 1 aromatic heterocycles. The smallest absolute Gasteiger partial charge is 0.328 e. The molecule has 1 heterocycles. The van der Waals surface area contributed by atoms with Crippen LogP contribution in [0, 0.1) is 5.92 Å². The van der Waals surface area contributed by atoms with Gasteiger partial charge in [-0.15, -0.1) is 0 Å². The SMILES string of the molecule is CC(C)[C@H](NC(=O)[C@@H](NC(=O)CNC(=O)[C@H](CCCCN)NC(=O)CNC(=O)[C@@H](N)Cc1c[nH]c2ccccc12)[C@@H](C)O)C(=O)N[C@@H](CO)C(=O)O. The van der Waals surface area contributed by atoms with Crippen molar-refractivity contribution in [1.82, 2.24) is 36.9 Å². The first kappa shape index (κ1) is 43.1. The fourth-order valence-corrected chi connectivity index (χ4v) is 5.08. The van der Waals surface area contributed by atoms with Crippen molar-refractivity contribution in [2.24, 2.45) is 17.4 Å². The quantitative estimate of drug-likeness (QED) is 0.0524. The van der Waals surface area contributed by atoms with E-state index in [0.717, 1.165) is 16.5 Å². The fourth-order valence-electron chi connectivity index (χ4n) is 5.08. The van der Waals surface area contributed by atoms with Crippen molar-refractivity contribution in [3.8, 4) is 0 Å². The van der Waals surface area contributed by atoms with Crippen LogP contribution < -0.4 is 43.4 Å². The van der Waals surface area contributed by atoms with E-state index >= 15 is 0 Å². The zero-order chi connectivity index (χ0) is 39.0. The monoisotopic (exact) mass is 733 g/mol. The van der Waals surface area contributed by atoms with Crippen molar-refractivity contribution in [2.45, 2.75) is 82.8 Å². The zero-order valence-electron chi connectivity index (χ0n) is 29.4. The van der Waals surface area contributed by atoms with Crippen molar-refractivity contribution in [3.63, 3.8) is 0 Å². The Bertz CT molecular complexity index is 1550. The number of aromatic amines is 1. The number of rotatable bonds is 22. The third-order valence-electron chi connectivity index (χ3n) is 8.02. The van der Waals surface area contributed by atoms with Crippen LogP contribution in [-0.2, 0) is 40.0 Å². The molecule has 0 spiro atoms. The van der Waals surface area contributed by atoms with Gasteiger partial charge in [-0.1, -0.05) is 32.0 Å². The molecule has 2 aromatic rings. The van der Waals surface area contributed by atoms with Crippen LogP contribution in [0.3, 0.4) is 0 Å². The second-order valence-electron chi connectivity index (χ2n) is 12.6. The molecule has 0 fully saturated rings. The number of hydrogen-bond donors (Lipinski definition) is 12. The lowest BCUT2D eigenvalue weighted by Gasteiger charge is -2.27. The van der Waals surface area contributed by atoms with Crippen molar-refractivity contribution in [3.05, 3.63) is 36.0 Å². The second-order valence-corrected chi connectivity index (χ2v) is 12.6. The van der Waals surface area contributed by atoms with Crippen LogP contribution in [0.15, 0.2) is 30.5 Å². The van der Waals surface area contributed by atoms with Gasteiger partial charge in [0.15, 0.2) is 0 Å². The van der Waals surface area contributed by atoms with Crippen molar-refractivity contribution in [2.75, 3.05) is 26.2 Å². The molecular weight excluding hydrogens is 682 g/mol. The number of aliphatic carboxylic acids is 1. The van der Waals surface area contributed by atoms with Crippen molar-refractivity contribution < 1.29 is 48.9 Å². The van der Waals surface area contributed by atoms with Gasteiger partial charge in [-0.3, -0.25) is 28.8 Å². The Balaban J connectivity index is 1.95. The van der Waals surface area contributed by atoms with Crippen molar-refractivity contribution in [1.29, 1.82) is 0 Å². The molecule has 0 saturated heterocycles. The number of para-hydroxylation sites is 1. The number of aliphatic hydroxyl groups is 2. The summed E-state index contributed by atoms with van der Waals surface area (Å²) in [6.07, 6.45) is 1.65. The van der Waals surface area contributed by atoms with Crippen LogP contribution in [-0.4, -0.2) is 124 Å². The summed E-state index contributed by atoms with van der Waals surface area (Å²) >= 11 is 0. The van der Waals surface area contributed by atoms with Gasteiger partial charge in [0, 0.05) is 17.1 Å². The van der Waals surface area contributed by atoms with E-state index in [9.17, 15) is 43.8 Å². The number of unbranched alkanes of at least 4 members (excludes halogenated alkanes) is 1. The Morgan fingerprint density at radius 1 is 0.788 bits per heavy atom. The average molecular weight is 734 g/mol. The van der Waals surface area contributed by atoms with Gasteiger partial charge in [0.05, 0.1) is 31.8 Å². The number of nitrogens with two attached hydrogens (primary N) is 2. The van der Waals surface area contributed by atoms with Crippen LogP contribution >= 0.6 is 0 Å². The van der Waals surface area contributed by atoms with Crippen LogP contribution in [0.1, 0.15) is 45.6 Å². The van der Waals surface area contributed by atoms with Gasteiger partial charge in [-0.25, -0.2) is 4.79 Å². The number of carbonyl (C=O) groups is 7. The predicted octanol–water partition coefficient (Wildman–Crippen LogP) is -3.55. The molecule has 0 radical (unpaired) electrons. The average Bonchev–Trinajstić information content (AvgIpc) is 3.50. The summed E-state index contributed by atoms with van der Waals surface area (Å²) in [4.78, 5) is 91.2. The number of carboxylic acids is 1. The summed E-state index contributed by atoms with van der Waals surface area (Å²) in [7, 11) is 0. The maximum atomic E-state index is 13.0. The molecule has 0 aliphatic rings. The highest BCUT2D eigenvalue weighted by molar-refractivity contribution is 5.96. The largest absolute Gasteiger partial charge is 0.480 e. The number of aliphatic hydroxyl groups excluding tert-OH is 2. The van der Waals surface area contributed by atoms with Crippen LogP contribution in [0.2, 0.25) is 0 Å². The van der Waals surface area contributed by atoms with Crippen molar-refractivity contribution >= 4 is 52.3 Å². The number of aromatic nitrogens is 1. The summed E-state index contributed by atoms with van der Waals surface area (Å²) in [5.74, 6) is -6.85. The normalized spacial score (nSPS) is 14.6. The first-order chi connectivity index (χ1) is 24.6. The topological polar surface area (TPSA) is 320 Å². The molecule has 2 rings (SSSR count). The third kappa shape index (κ3) is 13.5. The van der Waals surface area contributed by atoms with E-state index in [2.05, 4.69) is 36.9 Å². The number of amides is 6. The molecule has 0 unspecified atom stereocenters. The minimum Gasteiger partial charge on any atom is -0.480 e. The maximum absolute atomic E-state index is 13.0. The molecule has 288 valence electrons. The maximum Gasteiger partial charge on any atom is 0.328 e. The Morgan fingerprint density at radius 2 is 1.40 bits per heavy atom.